The van der Waals surface area contributed by atoms with E-state index in [1.807, 2.05) is 0 Å². The lowest BCUT2D eigenvalue weighted by atomic mass is 9.48. The van der Waals surface area contributed by atoms with Crippen LogP contribution >= 0.6 is 0 Å². The van der Waals surface area contributed by atoms with Gasteiger partial charge in [-0.2, -0.15) is 0 Å². The van der Waals surface area contributed by atoms with Gasteiger partial charge in [0.2, 0.25) is 8.32 Å². The Kier molecular flexibility index (Phi) is 3.73. The zero-order valence-corrected chi connectivity index (χ0v) is 17.2. The number of hydrogen-bond acceptors (Lipinski definition) is 1. The van der Waals surface area contributed by atoms with E-state index in [9.17, 15) is 0 Å². The van der Waals surface area contributed by atoms with Crippen molar-refractivity contribution in [2.75, 3.05) is 0 Å². The maximum atomic E-state index is 6.31. The molecule has 4 rings (SSSR count). The van der Waals surface area contributed by atoms with Crippen LogP contribution in [0.25, 0.3) is 0 Å². The van der Waals surface area contributed by atoms with Crippen molar-refractivity contribution in [1.29, 1.82) is 0 Å². The molecule has 0 heterocycles. The Balaban J connectivity index is 1.59. The Labute approximate surface area is 149 Å². The predicted molar refractivity (Wildman–Crippen MR) is 104 cm³/mol. The van der Waals surface area contributed by atoms with Crippen molar-refractivity contribution in [3.05, 3.63) is 35.6 Å². The standard InChI is InChI=1S/C22H34OSi/c1-21-12-6-7-19(21)18-9-8-16-15-17(23-24(3,4)5)10-14-22(16,2)20(18)11-13-21/h6,10,12,15,18-20H,7-9,11,13-14H2,1-5H3. The molecule has 132 valence electrons. The Bertz CT molecular complexity index is 622. The summed E-state index contributed by atoms with van der Waals surface area (Å²) in [6.07, 6.45) is 17.9. The summed E-state index contributed by atoms with van der Waals surface area (Å²) in [5.74, 6) is 3.87. The fraction of sp³-hybridized carbons (Fsp3) is 0.727. The molecule has 2 saturated carbocycles. The van der Waals surface area contributed by atoms with Crippen LogP contribution in [0.15, 0.2) is 35.6 Å². The SMILES string of the molecule is CC12C=CCC1C1CCC3=CC(O[Si](C)(C)C)=CCC3(C)C1CC2. The molecule has 4 aliphatic carbocycles. The highest BCUT2D eigenvalue weighted by Crippen LogP contribution is 2.63. The maximum Gasteiger partial charge on any atom is 0.242 e. The van der Waals surface area contributed by atoms with E-state index in [2.05, 4.69) is 57.8 Å². The molecule has 0 aromatic heterocycles. The summed E-state index contributed by atoms with van der Waals surface area (Å²) in [4.78, 5) is 0. The second-order valence-corrected chi connectivity index (χ2v) is 14.6. The monoisotopic (exact) mass is 342 g/mol. The molecule has 0 aliphatic heterocycles. The maximum absolute atomic E-state index is 6.31. The topological polar surface area (TPSA) is 9.23 Å². The summed E-state index contributed by atoms with van der Waals surface area (Å²) in [7, 11) is -1.51. The fourth-order valence-electron chi connectivity index (χ4n) is 6.30. The first-order valence-corrected chi connectivity index (χ1v) is 13.4. The molecule has 0 saturated heterocycles. The Morgan fingerprint density at radius 3 is 2.67 bits per heavy atom. The van der Waals surface area contributed by atoms with Crippen molar-refractivity contribution in [2.24, 2.45) is 28.6 Å². The lowest BCUT2D eigenvalue weighted by molar-refractivity contribution is -0.0188. The smallest absolute Gasteiger partial charge is 0.242 e. The van der Waals surface area contributed by atoms with Crippen LogP contribution in [0.5, 0.6) is 0 Å². The number of rotatable bonds is 2. The molecule has 0 radical (unpaired) electrons. The lowest BCUT2D eigenvalue weighted by Gasteiger charge is -2.57. The number of allylic oxidation sites excluding steroid dienone is 5. The van der Waals surface area contributed by atoms with E-state index in [4.69, 9.17) is 4.43 Å². The van der Waals surface area contributed by atoms with E-state index in [-0.39, 0.29) is 0 Å². The van der Waals surface area contributed by atoms with Crippen molar-refractivity contribution in [2.45, 2.75) is 72.0 Å². The molecular formula is C22H34OSi. The number of fused-ring (bicyclic) bond motifs is 5. The van der Waals surface area contributed by atoms with Gasteiger partial charge in [0, 0.05) is 0 Å². The van der Waals surface area contributed by atoms with Crippen LogP contribution in [-0.2, 0) is 4.43 Å². The van der Waals surface area contributed by atoms with Crippen LogP contribution < -0.4 is 0 Å². The molecule has 2 heteroatoms. The Hall–Kier alpha value is -0.763. The second-order valence-electron chi connectivity index (χ2n) is 10.2. The van der Waals surface area contributed by atoms with Gasteiger partial charge in [0.05, 0.1) is 5.76 Å². The van der Waals surface area contributed by atoms with Gasteiger partial charge in [-0.1, -0.05) is 31.6 Å². The Morgan fingerprint density at radius 2 is 1.92 bits per heavy atom. The van der Waals surface area contributed by atoms with Gasteiger partial charge in [0.25, 0.3) is 0 Å². The molecule has 0 bridgehead atoms. The van der Waals surface area contributed by atoms with Crippen molar-refractivity contribution in [3.8, 4) is 0 Å². The second kappa shape index (κ2) is 5.36. The van der Waals surface area contributed by atoms with Gasteiger partial charge in [-0.3, -0.25) is 0 Å². The molecule has 0 aromatic carbocycles. The Morgan fingerprint density at radius 1 is 1.12 bits per heavy atom. The minimum absolute atomic E-state index is 0.388. The minimum atomic E-state index is -1.51. The highest BCUT2D eigenvalue weighted by molar-refractivity contribution is 6.70. The molecule has 0 spiro atoms. The van der Waals surface area contributed by atoms with E-state index < -0.39 is 8.32 Å². The average molecular weight is 343 g/mol. The normalized spacial score (nSPS) is 44.1. The van der Waals surface area contributed by atoms with Crippen LogP contribution in [-0.4, -0.2) is 8.32 Å². The molecule has 4 aliphatic rings. The molecule has 24 heavy (non-hydrogen) atoms. The zero-order chi connectivity index (χ0) is 17.2. The largest absolute Gasteiger partial charge is 0.545 e. The molecule has 0 N–H and O–H groups in total. The van der Waals surface area contributed by atoms with E-state index in [0.717, 1.165) is 17.8 Å². The first kappa shape index (κ1) is 16.7. The molecule has 5 unspecified atom stereocenters. The van der Waals surface area contributed by atoms with Gasteiger partial charge in [-0.05, 0) is 98.9 Å². The van der Waals surface area contributed by atoms with Crippen LogP contribution in [0, 0.1) is 28.6 Å². The summed E-state index contributed by atoms with van der Waals surface area (Å²) in [5, 5.41) is 0. The van der Waals surface area contributed by atoms with E-state index >= 15 is 0 Å². The quantitative estimate of drug-likeness (QED) is 0.413. The summed E-state index contributed by atoms with van der Waals surface area (Å²) in [6.45, 7) is 11.9. The highest BCUT2D eigenvalue weighted by Gasteiger charge is 2.54. The lowest BCUT2D eigenvalue weighted by Crippen LogP contribution is -2.48. The van der Waals surface area contributed by atoms with Gasteiger partial charge < -0.3 is 4.43 Å². The predicted octanol–water partition coefficient (Wildman–Crippen LogP) is 6.46. The highest BCUT2D eigenvalue weighted by atomic mass is 28.4. The van der Waals surface area contributed by atoms with Crippen molar-refractivity contribution < 1.29 is 4.43 Å². The van der Waals surface area contributed by atoms with Crippen LogP contribution in [0.3, 0.4) is 0 Å². The van der Waals surface area contributed by atoms with E-state index in [0.29, 0.717) is 10.8 Å². The van der Waals surface area contributed by atoms with Crippen molar-refractivity contribution >= 4 is 8.32 Å². The first-order chi connectivity index (χ1) is 11.2. The molecule has 0 amide bonds. The van der Waals surface area contributed by atoms with Gasteiger partial charge in [-0.25, -0.2) is 0 Å². The third kappa shape index (κ3) is 2.56. The molecule has 2 fully saturated rings. The van der Waals surface area contributed by atoms with Crippen molar-refractivity contribution in [3.63, 3.8) is 0 Å². The minimum Gasteiger partial charge on any atom is -0.545 e. The molecule has 1 nitrogen and oxygen atoms in total. The van der Waals surface area contributed by atoms with E-state index in [1.165, 1.54) is 44.3 Å². The molecule has 5 atom stereocenters. The van der Waals surface area contributed by atoms with Crippen LogP contribution in [0.2, 0.25) is 19.6 Å². The van der Waals surface area contributed by atoms with Gasteiger partial charge in [0.15, 0.2) is 0 Å². The summed E-state index contributed by atoms with van der Waals surface area (Å²) in [5.41, 5.74) is 2.57. The average Bonchev–Trinajstić information content (AvgIpc) is 2.88. The van der Waals surface area contributed by atoms with Crippen LogP contribution in [0.1, 0.15) is 52.4 Å². The fourth-order valence-corrected chi connectivity index (χ4v) is 7.15. The van der Waals surface area contributed by atoms with Gasteiger partial charge >= 0.3 is 0 Å². The zero-order valence-electron chi connectivity index (χ0n) is 16.2. The first-order valence-electron chi connectivity index (χ1n) is 9.99. The van der Waals surface area contributed by atoms with E-state index in [1.54, 1.807) is 5.57 Å². The number of hydrogen-bond donors (Lipinski definition) is 0. The van der Waals surface area contributed by atoms with Gasteiger partial charge in [0.1, 0.15) is 0 Å². The summed E-state index contributed by atoms with van der Waals surface area (Å²) in [6, 6.07) is 0. The third-order valence-electron chi connectivity index (χ3n) is 7.53. The van der Waals surface area contributed by atoms with Gasteiger partial charge in [-0.15, -0.1) is 0 Å². The summed E-state index contributed by atoms with van der Waals surface area (Å²) >= 11 is 0. The van der Waals surface area contributed by atoms with Crippen molar-refractivity contribution in [1.82, 2.24) is 0 Å². The van der Waals surface area contributed by atoms with Crippen LogP contribution in [0.4, 0.5) is 0 Å². The molecular weight excluding hydrogens is 308 g/mol. The molecule has 0 aromatic rings. The third-order valence-corrected chi connectivity index (χ3v) is 8.38. The summed E-state index contributed by atoms with van der Waals surface area (Å²) < 4.78 is 6.31.